The van der Waals surface area contributed by atoms with Crippen molar-refractivity contribution in [2.24, 2.45) is 0 Å². The molecule has 140 valence electrons. The van der Waals surface area contributed by atoms with Gasteiger partial charge in [0.25, 0.3) is 0 Å². The van der Waals surface area contributed by atoms with Crippen LogP contribution in [0.2, 0.25) is 5.02 Å². The van der Waals surface area contributed by atoms with Crippen LogP contribution in [-0.2, 0) is 15.6 Å². The maximum atomic E-state index is 13.2. The van der Waals surface area contributed by atoms with E-state index in [-0.39, 0.29) is 10.8 Å². The third kappa shape index (κ3) is 4.05. The zero-order valence-electron chi connectivity index (χ0n) is 14.5. The van der Waals surface area contributed by atoms with Crippen molar-refractivity contribution < 1.29 is 8.42 Å². The average Bonchev–Trinajstić information content (AvgIpc) is 2.69. The van der Waals surface area contributed by atoms with E-state index in [4.69, 9.17) is 11.6 Å². The summed E-state index contributed by atoms with van der Waals surface area (Å²) in [7, 11) is -3.66. The predicted octanol–water partition coefficient (Wildman–Crippen LogP) is 3.81. The quantitative estimate of drug-likeness (QED) is 0.640. The molecule has 0 unspecified atom stereocenters. The fourth-order valence-electron chi connectivity index (χ4n) is 3.03. The summed E-state index contributed by atoms with van der Waals surface area (Å²) in [4.78, 5) is 11.2. The van der Waals surface area contributed by atoms with E-state index in [9.17, 15) is 8.42 Å². The lowest BCUT2D eigenvalue weighted by molar-refractivity contribution is 0.590. The molecule has 2 heterocycles. The Bertz CT molecular complexity index is 1070. The van der Waals surface area contributed by atoms with Gasteiger partial charge in [-0.1, -0.05) is 35.9 Å². The highest BCUT2D eigenvalue weighted by Crippen LogP contribution is 2.29. The molecule has 1 aliphatic heterocycles. The van der Waals surface area contributed by atoms with E-state index >= 15 is 0 Å². The van der Waals surface area contributed by atoms with Crippen LogP contribution in [0.5, 0.6) is 0 Å². The summed E-state index contributed by atoms with van der Waals surface area (Å²) >= 11 is 7.77. The molecule has 2 aromatic carbocycles. The standard InChI is InChI=1S/C19H18ClN3O2S2/c20-15-7-5-14(6-8-15)13-27(24,25)19-18(23-9-11-26-12-10-23)21-16-3-1-2-4-17(16)22-19/h1-8H,9-13H2. The van der Waals surface area contributed by atoms with Crippen LogP contribution in [-0.4, -0.2) is 43.0 Å². The highest BCUT2D eigenvalue weighted by Gasteiger charge is 2.27. The molecule has 1 fully saturated rings. The van der Waals surface area contributed by atoms with Crippen LogP contribution in [0, 0.1) is 0 Å². The molecule has 0 radical (unpaired) electrons. The lowest BCUT2D eigenvalue weighted by Crippen LogP contribution is -2.34. The first kappa shape index (κ1) is 18.5. The van der Waals surface area contributed by atoms with Gasteiger partial charge in [0.05, 0.1) is 16.8 Å². The van der Waals surface area contributed by atoms with E-state index in [1.165, 1.54) is 0 Å². The van der Waals surface area contributed by atoms with E-state index in [2.05, 4.69) is 9.97 Å². The molecule has 8 heteroatoms. The minimum Gasteiger partial charge on any atom is -0.353 e. The highest BCUT2D eigenvalue weighted by molar-refractivity contribution is 7.99. The molecule has 0 saturated carbocycles. The van der Waals surface area contributed by atoms with E-state index in [1.54, 1.807) is 30.3 Å². The maximum absolute atomic E-state index is 13.2. The Kier molecular flexibility index (Phi) is 5.25. The van der Waals surface area contributed by atoms with Gasteiger partial charge < -0.3 is 4.90 Å². The number of thioether (sulfide) groups is 1. The number of nitrogens with zero attached hydrogens (tertiary/aromatic N) is 3. The zero-order chi connectivity index (χ0) is 18.9. The number of hydrogen-bond acceptors (Lipinski definition) is 6. The second-order valence-corrected chi connectivity index (χ2v) is 9.89. The second-order valence-electron chi connectivity index (χ2n) is 6.33. The highest BCUT2D eigenvalue weighted by atomic mass is 35.5. The molecule has 0 bridgehead atoms. The summed E-state index contributed by atoms with van der Waals surface area (Å²) in [5.74, 6) is 2.23. The molecule has 0 amide bonds. The summed E-state index contributed by atoms with van der Waals surface area (Å²) in [6, 6.07) is 14.2. The van der Waals surface area contributed by atoms with Crippen molar-refractivity contribution >= 4 is 50.1 Å². The fraction of sp³-hybridized carbons (Fsp3) is 0.263. The van der Waals surface area contributed by atoms with Gasteiger partial charge in [-0.2, -0.15) is 11.8 Å². The van der Waals surface area contributed by atoms with Gasteiger partial charge in [-0.05, 0) is 29.8 Å². The number of rotatable bonds is 4. The summed E-state index contributed by atoms with van der Waals surface area (Å²) in [5, 5.41) is 0.635. The number of fused-ring (bicyclic) bond motifs is 1. The number of halogens is 1. The van der Waals surface area contributed by atoms with E-state index in [0.717, 1.165) is 24.6 Å². The zero-order valence-corrected chi connectivity index (χ0v) is 16.9. The summed E-state index contributed by atoms with van der Waals surface area (Å²) in [5.41, 5.74) is 1.97. The third-order valence-electron chi connectivity index (χ3n) is 4.40. The molecular formula is C19H18ClN3O2S2. The predicted molar refractivity (Wildman–Crippen MR) is 111 cm³/mol. The van der Waals surface area contributed by atoms with Gasteiger partial charge in [0, 0.05) is 29.6 Å². The van der Waals surface area contributed by atoms with Gasteiger partial charge in [0.2, 0.25) is 9.84 Å². The maximum Gasteiger partial charge on any atom is 0.203 e. The third-order valence-corrected chi connectivity index (χ3v) is 7.17. The van der Waals surface area contributed by atoms with Crippen LogP contribution in [0.15, 0.2) is 53.6 Å². The minimum atomic E-state index is -3.66. The normalized spacial score (nSPS) is 15.2. The van der Waals surface area contributed by atoms with Gasteiger partial charge in [-0.3, -0.25) is 0 Å². The molecular weight excluding hydrogens is 402 g/mol. The summed E-state index contributed by atoms with van der Waals surface area (Å²) in [6.45, 7) is 1.53. The van der Waals surface area contributed by atoms with Crippen LogP contribution < -0.4 is 4.90 Å². The van der Waals surface area contributed by atoms with E-state index in [0.29, 0.717) is 27.4 Å². The first-order chi connectivity index (χ1) is 13.0. The molecule has 5 nitrogen and oxygen atoms in total. The van der Waals surface area contributed by atoms with Crippen molar-refractivity contribution in [2.45, 2.75) is 10.8 Å². The Morgan fingerprint density at radius 3 is 2.26 bits per heavy atom. The number of para-hydroxylation sites is 2. The Morgan fingerprint density at radius 2 is 1.59 bits per heavy atom. The molecule has 1 aromatic heterocycles. The van der Waals surface area contributed by atoms with Gasteiger partial charge in [-0.25, -0.2) is 18.4 Å². The first-order valence-corrected chi connectivity index (χ1v) is 11.8. The second kappa shape index (κ2) is 7.66. The molecule has 1 saturated heterocycles. The van der Waals surface area contributed by atoms with E-state index in [1.807, 2.05) is 34.9 Å². The molecule has 1 aliphatic rings. The summed E-state index contributed by atoms with van der Waals surface area (Å²) in [6.07, 6.45) is 0. The first-order valence-electron chi connectivity index (χ1n) is 8.60. The molecule has 0 spiro atoms. The number of benzene rings is 2. The number of aromatic nitrogens is 2. The lowest BCUT2D eigenvalue weighted by Gasteiger charge is -2.28. The van der Waals surface area contributed by atoms with Crippen molar-refractivity contribution in [3.63, 3.8) is 0 Å². The van der Waals surface area contributed by atoms with Crippen LogP contribution >= 0.6 is 23.4 Å². The number of hydrogen-bond donors (Lipinski definition) is 0. The van der Waals surface area contributed by atoms with Crippen LogP contribution in [0.25, 0.3) is 11.0 Å². The molecule has 27 heavy (non-hydrogen) atoms. The average molecular weight is 420 g/mol. The fourth-order valence-corrected chi connectivity index (χ4v) is 5.52. The SMILES string of the molecule is O=S(=O)(Cc1ccc(Cl)cc1)c1nc2ccccc2nc1N1CCSCC1. The Balaban J connectivity index is 1.81. The smallest absolute Gasteiger partial charge is 0.203 e. The van der Waals surface area contributed by atoms with Crippen LogP contribution in [0.4, 0.5) is 5.82 Å². The number of anilines is 1. The molecule has 0 N–H and O–H groups in total. The monoisotopic (exact) mass is 419 g/mol. The van der Waals surface area contributed by atoms with Crippen molar-refractivity contribution in [1.29, 1.82) is 0 Å². The van der Waals surface area contributed by atoms with Gasteiger partial charge in [0.1, 0.15) is 0 Å². The molecule has 3 aromatic rings. The van der Waals surface area contributed by atoms with Crippen molar-refractivity contribution in [3.05, 3.63) is 59.1 Å². The van der Waals surface area contributed by atoms with Crippen LogP contribution in [0.3, 0.4) is 0 Å². The van der Waals surface area contributed by atoms with Gasteiger partial charge in [-0.15, -0.1) is 0 Å². The van der Waals surface area contributed by atoms with E-state index < -0.39 is 9.84 Å². The minimum absolute atomic E-state index is 0.0584. The van der Waals surface area contributed by atoms with Crippen molar-refractivity contribution in [2.75, 3.05) is 29.5 Å². The number of sulfone groups is 1. The van der Waals surface area contributed by atoms with Crippen molar-refractivity contribution in [1.82, 2.24) is 9.97 Å². The van der Waals surface area contributed by atoms with Gasteiger partial charge >= 0.3 is 0 Å². The van der Waals surface area contributed by atoms with Crippen molar-refractivity contribution in [3.8, 4) is 0 Å². The largest absolute Gasteiger partial charge is 0.353 e. The van der Waals surface area contributed by atoms with Crippen LogP contribution in [0.1, 0.15) is 5.56 Å². The van der Waals surface area contributed by atoms with Gasteiger partial charge in [0.15, 0.2) is 10.8 Å². The Morgan fingerprint density at radius 1 is 0.963 bits per heavy atom. The lowest BCUT2D eigenvalue weighted by atomic mass is 10.2. The Hall–Kier alpha value is -1.83. The molecule has 0 atom stereocenters. The Labute approximate surface area is 167 Å². The molecule has 0 aliphatic carbocycles. The molecule has 4 rings (SSSR count). The topological polar surface area (TPSA) is 63.2 Å². The summed E-state index contributed by atoms with van der Waals surface area (Å²) < 4.78 is 26.5.